The highest BCUT2D eigenvalue weighted by Crippen LogP contribution is 2.24. The van der Waals surface area contributed by atoms with Gasteiger partial charge in [0.05, 0.1) is 5.56 Å². The van der Waals surface area contributed by atoms with E-state index in [0.717, 1.165) is 62.7 Å². The van der Waals surface area contributed by atoms with Crippen LogP contribution in [-0.4, -0.2) is 59.0 Å². The van der Waals surface area contributed by atoms with Crippen LogP contribution in [0, 0.1) is 11.3 Å². The number of benzene rings is 1. The molecule has 1 aliphatic heterocycles. The van der Waals surface area contributed by atoms with E-state index < -0.39 is 0 Å². The molecule has 1 N–H and O–H groups in total. The van der Waals surface area contributed by atoms with Gasteiger partial charge in [-0.15, -0.1) is 0 Å². The van der Waals surface area contributed by atoms with Crippen molar-refractivity contribution in [3.8, 4) is 11.8 Å². The topological polar surface area (TPSA) is 77.3 Å². The van der Waals surface area contributed by atoms with Gasteiger partial charge < -0.3 is 15.0 Å². The van der Waals surface area contributed by atoms with Crippen LogP contribution in [0.1, 0.15) is 49.1 Å². The summed E-state index contributed by atoms with van der Waals surface area (Å²) in [5.74, 6) is 1.75. The second-order valence-electron chi connectivity index (χ2n) is 8.67. The summed E-state index contributed by atoms with van der Waals surface area (Å²) in [6.07, 6.45) is 7.76. The van der Waals surface area contributed by atoms with E-state index in [2.05, 4.69) is 44.3 Å². The third kappa shape index (κ3) is 6.16. The van der Waals surface area contributed by atoms with E-state index in [1.807, 2.05) is 18.2 Å². The quantitative estimate of drug-likeness (QED) is 0.735. The first-order valence-corrected chi connectivity index (χ1v) is 11.3. The Morgan fingerprint density at radius 1 is 1.10 bits per heavy atom. The van der Waals surface area contributed by atoms with E-state index in [9.17, 15) is 5.26 Å². The lowest BCUT2D eigenvalue weighted by molar-refractivity contribution is 0.148. The van der Waals surface area contributed by atoms with Gasteiger partial charge in [0.1, 0.15) is 24.2 Å². The molecule has 1 aromatic carbocycles. The number of likely N-dealkylation sites (N-methyl/N-ethyl adjacent to an activating group) is 1. The fourth-order valence-electron chi connectivity index (χ4n) is 4.25. The number of piperazine rings is 1. The van der Waals surface area contributed by atoms with Crippen LogP contribution in [0.25, 0.3) is 0 Å². The third-order valence-corrected chi connectivity index (χ3v) is 6.23. The minimum atomic E-state index is 0.190. The van der Waals surface area contributed by atoms with Gasteiger partial charge in [0, 0.05) is 45.0 Å². The van der Waals surface area contributed by atoms with Crippen LogP contribution >= 0.6 is 0 Å². The van der Waals surface area contributed by atoms with E-state index >= 15 is 0 Å². The maximum atomic E-state index is 9.18. The zero-order valence-corrected chi connectivity index (χ0v) is 18.4. The molecular weight excluding hydrogens is 388 g/mol. The van der Waals surface area contributed by atoms with Crippen LogP contribution < -0.4 is 10.1 Å². The number of hydrogen-bond acceptors (Lipinski definition) is 7. The molecule has 0 unspecified atom stereocenters. The van der Waals surface area contributed by atoms with Crippen LogP contribution in [0.5, 0.6) is 5.75 Å². The van der Waals surface area contributed by atoms with Crippen molar-refractivity contribution in [3.63, 3.8) is 0 Å². The smallest absolute Gasteiger partial charge is 0.234 e. The SMILES string of the molecule is CN1CCN(Cc2ccc(OCc3cnc(C#N)nc3NC3CCCCC3)cc2)CC1. The molecule has 7 heteroatoms. The van der Waals surface area contributed by atoms with Crippen LogP contribution in [0.15, 0.2) is 30.5 Å². The van der Waals surface area contributed by atoms with Gasteiger partial charge in [-0.1, -0.05) is 31.4 Å². The maximum Gasteiger partial charge on any atom is 0.234 e. The number of nitriles is 1. The molecule has 7 nitrogen and oxygen atoms in total. The van der Waals surface area contributed by atoms with Gasteiger partial charge in [-0.2, -0.15) is 5.26 Å². The maximum absolute atomic E-state index is 9.18. The van der Waals surface area contributed by atoms with Crippen molar-refractivity contribution in [3.05, 3.63) is 47.4 Å². The zero-order chi connectivity index (χ0) is 21.5. The largest absolute Gasteiger partial charge is 0.489 e. The lowest BCUT2D eigenvalue weighted by atomic mass is 9.95. The number of ether oxygens (including phenoxy) is 1. The summed E-state index contributed by atoms with van der Waals surface area (Å²) in [6.45, 7) is 5.84. The average molecular weight is 421 g/mol. The first kappa shape index (κ1) is 21.5. The van der Waals surface area contributed by atoms with Gasteiger partial charge in [0.2, 0.25) is 5.82 Å². The molecule has 1 aliphatic carbocycles. The Hall–Kier alpha value is -2.69. The van der Waals surface area contributed by atoms with Crippen molar-refractivity contribution >= 4 is 5.82 Å². The van der Waals surface area contributed by atoms with Gasteiger partial charge >= 0.3 is 0 Å². The molecule has 1 saturated heterocycles. The highest BCUT2D eigenvalue weighted by Gasteiger charge is 2.17. The van der Waals surface area contributed by atoms with Crippen molar-refractivity contribution in [2.75, 3.05) is 38.5 Å². The minimum Gasteiger partial charge on any atom is -0.489 e. The molecule has 2 aromatic rings. The summed E-state index contributed by atoms with van der Waals surface area (Å²) >= 11 is 0. The second-order valence-corrected chi connectivity index (χ2v) is 8.67. The summed E-state index contributed by atoms with van der Waals surface area (Å²) in [6, 6.07) is 10.8. The Balaban J connectivity index is 1.35. The monoisotopic (exact) mass is 420 g/mol. The minimum absolute atomic E-state index is 0.190. The molecule has 0 amide bonds. The molecule has 0 radical (unpaired) electrons. The molecule has 2 aliphatic rings. The molecular formula is C24H32N6O. The first-order valence-electron chi connectivity index (χ1n) is 11.3. The summed E-state index contributed by atoms with van der Waals surface area (Å²) in [5.41, 5.74) is 2.18. The zero-order valence-electron chi connectivity index (χ0n) is 18.4. The molecule has 1 saturated carbocycles. The highest BCUT2D eigenvalue weighted by molar-refractivity contribution is 5.45. The number of nitrogens with one attached hydrogen (secondary N) is 1. The molecule has 31 heavy (non-hydrogen) atoms. The first-order chi connectivity index (χ1) is 15.2. The lowest BCUT2D eigenvalue weighted by Crippen LogP contribution is -2.43. The summed E-state index contributed by atoms with van der Waals surface area (Å²) < 4.78 is 6.03. The van der Waals surface area contributed by atoms with Crippen molar-refractivity contribution < 1.29 is 4.74 Å². The number of nitrogens with zero attached hydrogens (tertiary/aromatic N) is 5. The van der Waals surface area contributed by atoms with Crippen molar-refractivity contribution in [2.45, 2.75) is 51.3 Å². The van der Waals surface area contributed by atoms with Crippen molar-refractivity contribution in [1.82, 2.24) is 19.8 Å². The molecule has 0 atom stereocenters. The Morgan fingerprint density at radius 2 is 1.84 bits per heavy atom. The molecule has 164 valence electrons. The van der Waals surface area contributed by atoms with Crippen LogP contribution in [0.4, 0.5) is 5.82 Å². The summed E-state index contributed by atoms with van der Waals surface area (Å²) in [7, 11) is 2.18. The van der Waals surface area contributed by atoms with Gasteiger partial charge in [-0.05, 0) is 37.6 Å². The van der Waals surface area contributed by atoms with Gasteiger partial charge in [0.15, 0.2) is 0 Å². The molecule has 0 spiro atoms. The average Bonchev–Trinajstić information content (AvgIpc) is 2.81. The van der Waals surface area contributed by atoms with Crippen LogP contribution in [0.2, 0.25) is 0 Å². The van der Waals surface area contributed by atoms with Crippen molar-refractivity contribution in [2.24, 2.45) is 0 Å². The molecule has 4 rings (SSSR count). The Bertz CT molecular complexity index is 880. The predicted octanol–water partition coefficient (Wildman–Crippen LogP) is 3.42. The number of rotatable bonds is 7. The Labute approximate surface area is 185 Å². The predicted molar refractivity (Wildman–Crippen MR) is 121 cm³/mol. The van der Waals surface area contributed by atoms with Gasteiger partial charge in [-0.3, -0.25) is 4.90 Å². The lowest BCUT2D eigenvalue weighted by Gasteiger charge is -2.32. The third-order valence-electron chi connectivity index (χ3n) is 6.23. The Morgan fingerprint density at radius 3 is 2.55 bits per heavy atom. The number of aromatic nitrogens is 2. The van der Waals surface area contributed by atoms with Crippen LogP contribution in [0.3, 0.4) is 0 Å². The van der Waals surface area contributed by atoms with Gasteiger partial charge in [0.25, 0.3) is 0 Å². The van der Waals surface area contributed by atoms with E-state index in [1.54, 1.807) is 6.20 Å². The standard InChI is InChI=1S/C24H32N6O/c1-29-11-13-30(14-12-29)17-19-7-9-22(10-8-19)31-18-20-16-26-23(15-25)28-24(20)27-21-5-3-2-4-6-21/h7-10,16,21H,2-6,11-14,17-18H2,1H3,(H,26,27,28). The summed E-state index contributed by atoms with van der Waals surface area (Å²) in [4.78, 5) is 13.4. The summed E-state index contributed by atoms with van der Waals surface area (Å²) in [5, 5.41) is 12.7. The fraction of sp³-hybridized carbons (Fsp3) is 0.542. The van der Waals surface area contributed by atoms with E-state index in [0.29, 0.717) is 12.6 Å². The normalized spacial score (nSPS) is 18.5. The van der Waals surface area contributed by atoms with Gasteiger partial charge in [-0.25, -0.2) is 9.97 Å². The molecule has 2 fully saturated rings. The second kappa shape index (κ2) is 10.6. The van der Waals surface area contributed by atoms with E-state index in [4.69, 9.17) is 4.74 Å². The number of hydrogen-bond donors (Lipinski definition) is 1. The van der Waals surface area contributed by atoms with E-state index in [-0.39, 0.29) is 5.82 Å². The van der Waals surface area contributed by atoms with Crippen molar-refractivity contribution in [1.29, 1.82) is 5.26 Å². The number of anilines is 1. The van der Waals surface area contributed by atoms with Crippen LogP contribution in [-0.2, 0) is 13.2 Å². The molecule has 1 aromatic heterocycles. The fourth-order valence-corrected chi connectivity index (χ4v) is 4.25. The molecule has 0 bridgehead atoms. The highest BCUT2D eigenvalue weighted by atomic mass is 16.5. The molecule has 2 heterocycles. The Kier molecular flexibility index (Phi) is 7.34. The van der Waals surface area contributed by atoms with E-state index in [1.165, 1.54) is 24.8 Å².